The van der Waals surface area contributed by atoms with E-state index in [0.29, 0.717) is 22.7 Å². The fraction of sp³-hybridized carbons (Fsp3) is 0.333. The number of nitriles is 1. The van der Waals surface area contributed by atoms with Crippen molar-refractivity contribution in [2.45, 2.75) is 38.1 Å². The van der Waals surface area contributed by atoms with Crippen molar-refractivity contribution < 1.29 is 4.79 Å². The second-order valence-corrected chi connectivity index (χ2v) is 7.04. The predicted molar refractivity (Wildman–Crippen MR) is 101 cm³/mol. The Balaban J connectivity index is 1.67. The molecule has 2 aromatic heterocycles. The summed E-state index contributed by atoms with van der Waals surface area (Å²) >= 11 is 0. The van der Waals surface area contributed by atoms with Gasteiger partial charge >= 0.3 is 0 Å². The molecule has 2 heterocycles. The average molecular weight is 359 g/mol. The van der Waals surface area contributed by atoms with Crippen LogP contribution in [0.2, 0.25) is 0 Å². The maximum atomic E-state index is 12.8. The molecule has 136 valence electrons. The van der Waals surface area contributed by atoms with Crippen molar-refractivity contribution in [3.63, 3.8) is 0 Å². The van der Waals surface area contributed by atoms with Crippen LogP contribution in [0.15, 0.2) is 48.8 Å². The van der Waals surface area contributed by atoms with Crippen LogP contribution in [0.1, 0.15) is 59.8 Å². The normalized spacial score (nSPS) is 16.0. The van der Waals surface area contributed by atoms with Crippen molar-refractivity contribution in [3.05, 3.63) is 65.6 Å². The predicted octanol–water partition coefficient (Wildman–Crippen LogP) is 3.65. The molecule has 0 bridgehead atoms. The molecule has 3 aromatic rings. The second-order valence-electron chi connectivity index (χ2n) is 7.04. The summed E-state index contributed by atoms with van der Waals surface area (Å²) in [4.78, 5) is 17.5. The van der Waals surface area contributed by atoms with Gasteiger partial charge in [-0.15, -0.1) is 0 Å². The third kappa shape index (κ3) is 3.68. The Morgan fingerprint density at radius 1 is 1.22 bits per heavy atom. The third-order valence-electron chi connectivity index (χ3n) is 5.23. The molecule has 4 rings (SSSR count). The van der Waals surface area contributed by atoms with Crippen molar-refractivity contribution in [1.29, 1.82) is 5.26 Å². The van der Waals surface area contributed by atoms with Crippen LogP contribution >= 0.6 is 0 Å². The third-order valence-corrected chi connectivity index (χ3v) is 5.23. The van der Waals surface area contributed by atoms with Crippen molar-refractivity contribution >= 4 is 11.6 Å². The minimum absolute atomic E-state index is 0.0890. The van der Waals surface area contributed by atoms with Crippen LogP contribution in [-0.4, -0.2) is 20.5 Å². The Kier molecular flexibility index (Phi) is 4.84. The van der Waals surface area contributed by atoms with E-state index in [1.54, 1.807) is 10.6 Å². The molecule has 1 saturated carbocycles. The number of carbonyl (C=O) groups excluding carboxylic acids is 1. The molecule has 1 aliphatic carbocycles. The molecular weight excluding hydrogens is 338 g/mol. The Morgan fingerprint density at radius 2 is 2.00 bits per heavy atom. The molecular formula is C21H21N5O. The molecule has 0 saturated heterocycles. The highest BCUT2D eigenvalue weighted by Crippen LogP contribution is 2.34. The first-order valence-electron chi connectivity index (χ1n) is 9.36. The van der Waals surface area contributed by atoms with Crippen LogP contribution in [0, 0.1) is 17.2 Å². The molecule has 1 aromatic carbocycles. The van der Waals surface area contributed by atoms with E-state index < -0.39 is 0 Å². The van der Waals surface area contributed by atoms with E-state index in [2.05, 4.69) is 21.5 Å². The van der Waals surface area contributed by atoms with Gasteiger partial charge in [-0.2, -0.15) is 10.4 Å². The van der Waals surface area contributed by atoms with Gasteiger partial charge in [-0.25, -0.2) is 9.50 Å². The number of amides is 1. The number of nitrogens with one attached hydrogen (secondary N) is 1. The quantitative estimate of drug-likeness (QED) is 0.771. The molecule has 0 radical (unpaired) electrons. The van der Waals surface area contributed by atoms with Gasteiger partial charge in [-0.1, -0.05) is 37.5 Å². The van der Waals surface area contributed by atoms with Crippen LogP contribution in [0.3, 0.4) is 0 Å². The summed E-state index contributed by atoms with van der Waals surface area (Å²) in [5.74, 6) is 0.265. The number of aromatic nitrogens is 3. The van der Waals surface area contributed by atoms with Crippen LogP contribution in [0.25, 0.3) is 5.65 Å². The highest BCUT2D eigenvalue weighted by molar-refractivity contribution is 5.94. The van der Waals surface area contributed by atoms with Gasteiger partial charge in [-0.3, -0.25) is 4.79 Å². The van der Waals surface area contributed by atoms with E-state index in [9.17, 15) is 4.79 Å². The summed E-state index contributed by atoms with van der Waals surface area (Å²) in [5, 5.41) is 16.5. The van der Waals surface area contributed by atoms with E-state index in [4.69, 9.17) is 5.26 Å². The summed E-state index contributed by atoms with van der Waals surface area (Å²) < 4.78 is 1.67. The Morgan fingerprint density at radius 3 is 2.74 bits per heavy atom. The van der Waals surface area contributed by atoms with Gasteiger partial charge < -0.3 is 5.32 Å². The molecule has 6 nitrogen and oxygen atoms in total. The monoisotopic (exact) mass is 359 g/mol. The van der Waals surface area contributed by atoms with Crippen molar-refractivity contribution in [3.8, 4) is 6.07 Å². The first kappa shape index (κ1) is 17.2. The number of hydrogen-bond acceptors (Lipinski definition) is 4. The van der Waals surface area contributed by atoms with E-state index in [-0.39, 0.29) is 11.9 Å². The maximum Gasteiger partial charge on any atom is 0.251 e. The topological polar surface area (TPSA) is 83.1 Å². The van der Waals surface area contributed by atoms with E-state index in [1.807, 2.05) is 36.5 Å². The van der Waals surface area contributed by atoms with Gasteiger partial charge in [0.25, 0.3) is 5.91 Å². The summed E-state index contributed by atoms with van der Waals surface area (Å²) in [6.07, 6.45) is 9.12. The summed E-state index contributed by atoms with van der Waals surface area (Å²) in [6, 6.07) is 12.9. The van der Waals surface area contributed by atoms with Crippen molar-refractivity contribution in [1.82, 2.24) is 19.9 Å². The lowest BCUT2D eigenvalue weighted by Crippen LogP contribution is -2.34. The van der Waals surface area contributed by atoms with E-state index in [1.165, 1.54) is 25.5 Å². The number of benzene rings is 1. The van der Waals surface area contributed by atoms with Gasteiger partial charge in [-0.05, 0) is 30.9 Å². The highest BCUT2D eigenvalue weighted by Gasteiger charge is 2.29. The zero-order valence-electron chi connectivity index (χ0n) is 15.0. The second kappa shape index (κ2) is 7.58. The molecule has 1 fully saturated rings. The zero-order valence-corrected chi connectivity index (χ0v) is 15.0. The van der Waals surface area contributed by atoms with Crippen LogP contribution in [0.4, 0.5) is 0 Å². The summed E-state index contributed by atoms with van der Waals surface area (Å²) in [5.41, 5.74) is 2.54. The van der Waals surface area contributed by atoms with Crippen LogP contribution < -0.4 is 5.32 Å². The standard InChI is InChI=1S/C21H21N5O/c22-12-15-11-19-24-18(14-26(19)23-13-15)20(16-7-3-1-4-8-16)25-21(27)17-9-5-2-6-10-17/h2,5-6,9-11,13-14,16,20H,1,3-4,7-8H2,(H,25,27). The average Bonchev–Trinajstić information content (AvgIpc) is 3.16. The number of hydrogen-bond donors (Lipinski definition) is 1. The van der Waals surface area contributed by atoms with Gasteiger partial charge in [0.15, 0.2) is 5.65 Å². The van der Waals surface area contributed by atoms with Gasteiger partial charge in [0.05, 0.1) is 29.7 Å². The molecule has 0 spiro atoms. The SMILES string of the molecule is N#Cc1cnn2cc(C(NC(=O)c3ccccc3)C3CCCCC3)nc2c1. The summed E-state index contributed by atoms with van der Waals surface area (Å²) in [6.45, 7) is 0. The molecule has 1 N–H and O–H groups in total. The van der Waals surface area contributed by atoms with Gasteiger partial charge in [0.1, 0.15) is 6.07 Å². The highest BCUT2D eigenvalue weighted by atomic mass is 16.1. The smallest absolute Gasteiger partial charge is 0.251 e. The lowest BCUT2D eigenvalue weighted by atomic mass is 9.82. The first-order chi connectivity index (χ1) is 13.2. The molecule has 27 heavy (non-hydrogen) atoms. The Hall–Kier alpha value is -3.20. The fourth-order valence-electron chi connectivity index (χ4n) is 3.82. The lowest BCUT2D eigenvalue weighted by Gasteiger charge is -2.29. The minimum Gasteiger partial charge on any atom is -0.343 e. The Bertz CT molecular complexity index is 983. The van der Waals surface area contributed by atoms with Gasteiger partial charge in [0.2, 0.25) is 0 Å². The fourth-order valence-corrected chi connectivity index (χ4v) is 3.82. The number of carbonyl (C=O) groups is 1. The van der Waals surface area contributed by atoms with Crippen LogP contribution in [0.5, 0.6) is 0 Å². The molecule has 1 unspecified atom stereocenters. The largest absolute Gasteiger partial charge is 0.343 e. The molecule has 0 aliphatic heterocycles. The number of nitrogens with zero attached hydrogens (tertiary/aromatic N) is 4. The molecule has 1 aliphatic rings. The van der Waals surface area contributed by atoms with E-state index in [0.717, 1.165) is 18.5 Å². The minimum atomic E-state index is -0.162. The molecule has 1 atom stereocenters. The number of fused-ring (bicyclic) bond motifs is 1. The summed E-state index contributed by atoms with van der Waals surface area (Å²) in [7, 11) is 0. The molecule has 6 heteroatoms. The number of rotatable bonds is 4. The van der Waals surface area contributed by atoms with Crippen molar-refractivity contribution in [2.24, 2.45) is 5.92 Å². The van der Waals surface area contributed by atoms with E-state index >= 15 is 0 Å². The van der Waals surface area contributed by atoms with Gasteiger partial charge in [0, 0.05) is 11.6 Å². The Labute approximate surface area is 157 Å². The maximum absolute atomic E-state index is 12.8. The van der Waals surface area contributed by atoms with Crippen molar-refractivity contribution in [2.75, 3.05) is 0 Å². The zero-order chi connectivity index (χ0) is 18.6. The van der Waals surface area contributed by atoms with Crippen LogP contribution in [-0.2, 0) is 0 Å². The number of imidazole rings is 1. The molecule has 1 amide bonds. The lowest BCUT2D eigenvalue weighted by molar-refractivity contribution is 0.0911. The first-order valence-corrected chi connectivity index (χ1v) is 9.36.